The molecule has 5 heterocycles. The number of alkyl halides is 8. The van der Waals surface area contributed by atoms with Gasteiger partial charge in [0.2, 0.25) is 0 Å². The maximum absolute atomic E-state index is 16.9. The van der Waals surface area contributed by atoms with Gasteiger partial charge in [-0.2, -0.15) is 43.5 Å². The molecule has 0 amide bonds. The first-order chi connectivity index (χ1) is 30.9. The Morgan fingerprint density at radius 3 is 1.18 bits per heavy atom. The van der Waals surface area contributed by atoms with Crippen LogP contribution >= 0.6 is 0 Å². The number of rotatable bonds is 10. The molecule has 9 rings (SSSR count). The van der Waals surface area contributed by atoms with Crippen LogP contribution in [0.4, 0.5) is 39.0 Å². The minimum absolute atomic E-state index is 0. The van der Waals surface area contributed by atoms with Crippen molar-refractivity contribution in [1.82, 2.24) is 19.9 Å². The first-order valence-corrected chi connectivity index (χ1v) is 20.7. The molecule has 4 aromatic carbocycles. The molecule has 8 bridgehead atoms. The van der Waals surface area contributed by atoms with Crippen LogP contribution in [0.25, 0.3) is 90.4 Å². The van der Waals surface area contributed by atoms with E-state index in [0.29, 0.717) is 45.2 Å². The monoisotopic (exact) mass is 974 g/mol. The molecule has 18 heteroatoms. The largest absolute Gasteiger partial charge is 2.00 e. The van der Waals surface area contributed by atoms with Crippen molar-refractivity contribution < 1.29 is 71.6 Å². The average molecular weight is 976 g/mol. The van der Waals surface area contributed by atoms with Gasteiger partial charge in [0, 0.05) is 0 Å². The second-order valence-corrected chi connectivity index (χ2v) is 16.1. The standard InChI is InChI=1S/C48H27F9N4O3S.Zn/c49-45(50,46(51,52)64-47(53,54)48(55,56)65(57,62)63)32-27-39-42(30-17-9-3-10-18-30)37-24-23-35(59-37)40(28-13-5-1-6-14-28)33-21-22-34(58-33)41(29-15-7-2-8-16-29)36-25-26-38(60-36)43(44(32)61-39)31-19-11-4-12-20-31;/h1-27H;/q-2;+2. The fourth-order valence-electron chi connectivity index (χ4n) is 7.59. The second-order valence-electron chi connectivity index (χ2n) is 14.7. The van der Waals surface area contributed by atoms with Crippen LogP contribution < -0.4 is 9.97 Å². The number of hydrogen-bond donors (Lipinski definition) is 0. The molecule has 0 N–H and O–H groups in total. The van der Waals surface area contributed by atoms with E-state index in [1.807, 2.05) is 24.3 Å². The fourth-order valence-corrected chi connectivity index (χ4v) is 7.91. The summed E-state index contributed by atoms with van der Waals surface area (Å²) < 4.78 is 161. The summed E-state index contributed by atoms with van der Waals surface area (Å²) in [6, 6.07) is 39.3. The van der Waals surface area contributed by atoms with Gasteiger partial charge in [0.25, 0.3) is 0 Å². The maximum Gasteiger partial charge on any atom is 2.00 e. The molecule has 7 aromatic rings. The molecule has 2 aliphatic heterocycles. The van der Waals surface area contributed by atoms with Crippen LogP contribution in [0.1, 0.15) is 22.8 Å². The number of hydrogen-bond acceptors (Lipinski definition) is 5. The molecule has 328 valence electrons. The van der Waals surface area contributed by atoms with Gasteiger partial charge < -0.3 is 9.97 Å². The molecular formula is C48H27F9N4O3SZn. The third-order valence-electron chi connectivity index (χ3n) is 10.6. The molecule has 0 saturated carbocycles. The van der Waals surface area contributed by atoms with Crippen molar-refractivity contribution in [3.63, 3.8) is 0 Å². The third kappa shape index (κ3) is 7.96. The SMILES string of the molecule is O=S(=O)(F)C(F)(F)C(F)(F)OC(F)(F)C(F)(F)C1=Cc2nc1c(-c1ccccc1)c1ccc([n-]1)c(-c1ccccc1)c1nc(c(-c3ccccc3)c3ccc([n-]3)c2-c2ccccc2)C=C1.[Zn+2]. The van der Waals surface area contributed by atoms with Gasteiger partial charge in [-0.05, 0) is 62.7 Å². The Kier molecular flexibility index (Phi) is 11.8. The van der Waals surface area contributed by atoms with Crippen molar-refractivity contribution in [2.75, 3.05) is 0 Å². The third-order valence-corrected chi connectivity index (χ3v) is 11.4. The van der Waals surface area contributed by atoms with Gasteiger partial charge >= 0.3 is 53.1 Å². The number of ether oxygens (including phenoxy) is 1. The quantitative estimate of drug-likeness (QED) is 0.0765. The number of nitrogens with zero attached hydrogens (tertiary/aromatic N) is 4. The Morgan fingerprint density at radius 2 is 0.803 bits per heavy atom. The Labute approximate surface area is 382 Å². The van der Waals surface area contributed by atoms with E-state index < -0.39 is 50.6 Å². The minimum atomic E-state index is -7.69. The predicted molar refractivity (Wildman–Crippen MR) is 228 cm³/mol. The van der Waals surface area contributed by atoms with Crippen molar-refractivity contribution in [3.8, 4) is 44.5 Å². The number of benzene rings is 4. The van der Waals surface area contributed by atoms with E-state index in [1.165, 1.54) is 42.5 Å². The first-order valence-electron chi connectivity index (χ1n) is 19.4. The number of aromatic nitrogens is 4. The fraction of sp³-hybridized carbons (Fsp3) is 0.0833. The smallest absolute Gasteiger partial charge is 0.657 e. The zero-order valence-electron chi connectivity index (χ0n) is 33.6. The molecule has 2 aliphatic rings. The first kappa shape index (κ1) is 45.9. The van der Waals surface area contributed by atoms with Crippen molar-refractivity contribution in [2.45, 2.75) is 23.4 Å². The van der Waals surface area contributed by atoms with E-state index >= 15 is 17.6 Å². The van der Waals surface area contributed by atoms with Crippen LogP contribution in [0.5, 0.6) is 0 Å². The molecule has 0 fully saturated rings. The Bertz CT molecular complexity index is 3330. The molecule has 0 unspecified atom stereocenters. The van der Waals surface area contributed by atoms with Gasteiger partial charge in [-0.1, -0.05) is 149 Å². The topological polar surface area (TPSA) is 97.4 Å². The van der Waals surface area contributed by atoms with Gasteiger partial charge in [-0.3, -0.25) is 0 Å². The summed E-state index contributed by atoms with van der Waals surface area (Å²) in [4.78, 5) is 19.3. The van der Waals surface area contributed by atoms with Crippen LogP contribution in [0, 0.1) is 0 Å². The molecule has 0 radical (unpaired) electrons. The summed E-state index contributed by atoms with van der Waals surface area (Å²) in [6.45, 7) is 0. The van der Waals surface area contributed by atoms with Crippen molar-refractivity contribution >= 4 is 56.1 Å². The second kappa shape index (κ2) is 17.0. The normalized spacial score (nSPS) is 13.3. The van der Waals surface area contributed by atoms with Gasteiger partial charge in [-0.25, -0.2) is 14.7 Å². The summed E-state index contributed by atoms with van der Waals surface area (Å²) in [5, 5.41) is -7.02. The van der Waals surface area contributed by atoms with E-state index in [2.05, 4.69) is 9.72 Å². The molecule has 3 aromatic heterocycles. The predicted octanol–water partition coefficient (Wildman–Crippen LogP) is 12.7. The summed E-state index contributed by atoms with van der Waals surface area (Å²) in [7, 11) is -7.69. The molecule has 0 aliphatic carbocycles. The van der Waals surface area contributed by atoms with Crippen LogP contribution in [0.3, 0.4) is 0 Å². The van der Waals surface area contributed by atoms with Crippen LogP contribution in [-0.2, 0) is 34.4 Å². The molecule has 66 heavy (non-hydrogen) atoms. The molecule has 0 spiro atoms. The zero-order chi connectivity index (χ0) is 45.9. The minimum Gasteiger partial charge on any atom is -0.657 e. The van der Waals surface area contributed by atoms with E-state index in [4.69, 9.17) is 15.0 Å². The van der Waals surface area contributed by atoms with E-state index in [0.717, 1.165) is 0 Å². The van der Waals surface area contributed by atoms with Crippen LogP contribution in [0.15, 0.2) is 146 Å². The van der Waals surface area contributed by atoms with Crippen LogP contribution in [-0.4, -0.2) is 41.8 Å². The van der Waals surface area contributed by atoms with E-state index in [-0.39, 0.29) is 58.3 Å². The summed E-state index contributed by atoms with van der Waals surface area (Å²) in [5.41, 5.74) is 0.362. The average Bonchev–Trinajstić information content (AvgIpc) is 4.12. The zero-order valence-corrected chi connectivity index (χ0v) is 37.4. The molecule has 7 nitrogen and oxygen atoms in total. The van der Waals surface area contributed by atoms with Gasteiger partial charge in [0.1, 0.15) is 0 Å². The number of fused-ring (bicyclic) bond motifs is 8. The summed E-state index contributed by atoms with van der Waals surface area (Å²) in [6.07, 6.45) is -9.68. The van der Waals surface area contributed by atoms with E-state index in [9.17, 15) is 29.9 Å². The summed E-state index contributed by atoms with van der Waals surface area (Å²) >= 11 is 0. The Morgan fingerprint density at radius 1 is 0.455 bits per heavy atom. The van der Waals surface area contributed by atoms with Gasteiger partial charge in [-0.15, -0.1) is 22.1 Å². The Balaban J connectivity index is 0.00000592. The van der Waals surface area contributed by atoms with E-state index in [1.54, 1.807) is 91.0 Å². The Hall–Kier alpha value is -6.62. The van der Waals surface area contributed by atoms with Crippen molar-refractivity contribution in [1.29, 1.82) is 0 Å². The molecular weight excluding hydrogens is 949 g/mol. The molecule has 0 saturated heterocycles. The summed E-state index contributed by atoms with van der Waals surface area (Å²) in [5.74, 6) is -6.05. The van der Waals surface area contributed by atoms with Gasteiger partial charge in [0.05, 0.1) is 28.3 Å². The number of halogens is 9. The maximum atomic E-state index is 16.9. The van der Waals surface area contributed by atoms with Crippen molar-refractivity contribution in [3.05, 3.63) is 168 Å². The van der Waals surface area contributed by atoms with Gasteiger partial charge in [0.15, 0.2) is 0 Å². The molecule has 0 atom stereocenters. The van der Waals surface area contributed by atoms with Crippen LogP contribution in [0.2, 0.25) is 0 Å². The van der Waals surface area contributed by atoms with Crippen molar-refractivity contribution in [2.24, 2.45) is 0 Å².